The molecule has 0 saturated heterocycles. The maximum Gasteiger partial charge on any atom is 0.409 e. The molecule has 20 heavy (non-hydrogen) atoms. The first-order valence-electron chi connectivity index (χ1n) is 7.21. The van der Waals surface area contributed by atoms with Crippen molar-refractivity contribution in [3.63, 3.8) is 0 Å². The third kappa shape index (κ3) is 2.26. The van der Waals surface area contributed by atoms with E-state index in [1.54, 1.807) is 4.90 Å². The van der Waals surface area contributed by atoms with Crippen molar-refractivity contribution in [2.75, 3.05) is 19.7 Å². The van der Waals surface area contributed by atoms with Gasteiger partial charge in [-0.25, -0.2) is 4.79 Å². The fraction of sp³-hybridized carbons (Fsp3) is 0.438. The summed E-state index contributed by atoms with van der Waals surface area (Å²) in [7, 11) is 0. The van der Waals surface area contributed by atoms with Gasteiger partial charge in [-0.3, -0.25) is 0 Å². The van der Waals surface area contributed by atoms with Gasteiger partial charge in [0.2, 0.25) is 0 Å². The fourth-order valence-corrected chi connectivity index (χ4v) is 2.92. The quantitative estimate of drug-likeness (QED) is 0.867. The molecule has 1 aliphatic heterocycles. The molecule has 0 bridgehead atoms. The number of amides is 1. The average Bonchev–Trinajstić information content (AvgIpc) is 2.63. The minimum absolute atomic E-state index is 0.196. The van der Waals surface area contributed by atoms with Crippen molar-refractivity contribution < 1.29 is 9.53 Å². The molecule has 0 aliphatic carbocycles. The van der Waals surface area contributed by atoms with Crippen LogP contribution in [0.2, 0.25) is 0 Å². The molecular weight excluding hydrogens is 252 g/mol. The largest absolute Gasteiger partial charge is 0.450 e. The van der Waals surface area contributed by atoms with E-state index in [4.69, 9.17) is 4.74 Å². The maximum atomic E-state index is 11.8. The number of hydrogen-bond donors (Lipinski definition) is 1. The zero-order valence-corrected chi connectivity index (χ0v) is 12.0. The number of H-pyrrole nitrogens is 1. The minimum atomic E-state index is -0.196. The summed E-state index contributed by atoms with van der Waals surface area (Å²) in [5.41, 5.74) is 5.09. The van der Waals surface area contributed by atoms with Gasteiger partial charge in [-0.2, -0.15) is 0 Å². The topological polar surface area (TPSA) is 45.3 Å². The Balaban J connectivity index is 1.88. The number of carbonyl (C=O) groups excluding carboxylic acids is 1. The van der Waals surface area contributed by atoms with Crippen LogP contribution in [-0.4, -0.2) is 35.7 Å². The Morgan fingerprint density at radius 1 is 1.35 bits per heavy atom. The highest BCUT2D eigenvalue weighted by Gasteiger charge is 2.21. The maximum absolute atomic E-state index is 11.8. The van der Waals surface area contributed by atoms with Gasteiger partial charge in [-0.1, -0.05) is 11.6 Å². The molecule has 1 amide bonds. The van der Waals surface area contributed by atoms with Crippen molar-refractivity contribution in [1.29, 1.82) is 0 Å². The molecule has 1 N–H and O–H groups in total. The molecule has 2 heterocycles. The molecule has 4 heteroatoms. The van der Waals surface area contributed by atoms with Gasteiger partial charge in [0.15, 0.2) is 0 Å². The molecule has 0 radical (unpaired) electrons. The van der Waals surface area contributed by atoms with Gasteiger partial charge < -0.3 is 14.6 Å². The normalized spacial score (nSPS) is 15.0. The Kier molecular flexibility index (Phi) is 3.38. The van der Waals surface area contributed by atoms with Crippen molar-refractivity contribution in [3.05, 3.63) is 35.0 Å². The number of benzene rings is 1. The number of aromatic amines is 1. The second-order valence-electron chi connectivity index (χ2n) is 5.32. The molecule has 0 fully saturated rings. The number of carbonyl (C=O) groups is 1. The average molecular weight is 272 g/mol. The molecule has 0 unspecified atom stereocenters. The molecule has 0 saturated carbocycles. The molecule has 106 valence electrons. The van der Waals surface area contributed by atoms with Gasteiger partial charge in [0, 0.05) is 36.1 Å². The first-order chi connectivity index (χ1) is 9.69. The highest BCUT2D eigenvalue weighted by atomic mass is 16.6. The molecule has 4 nitrogen and oxygen atoms in total. The Hall–Kier alpha value is -1.97. The van der Waals surface area contributed by atoms with Crippen LogP contribution in [0.25, 0.3) is 10.9 Å². The number of fused-ring (bicyclic) bond motifs is 3. The van der Waals surface area contributed by atoms with Gasteiger partial charge in [0.05, 0.1) is 6.61 Å². The second-order valence-corrected chi connectivity index (χ2v) is 5.32. The van der Waals surface area contributed by atoms with E-state index in [1.165, 1.54) is 27.7 Å². The third-order valence-corrected chi connectivity index (χ3v) is 3.94. The van der Waals surface area contributed by atoms with Gasteiger partial charge in [0.25, 0.3) is 0 Å². The van der Waals surface area contributed by atoms with Crippen LogP contribution in [0, 0.1) is 6.92 Å². The Bertz CT molecular complexity index is 645. The number of nitrogens with zero attached hydrogens (tertiary/aromatic N) is 1. The number of hydrogen-bond acceptors (Lipinski definition) is 2. The van der Waals surface area contributed by atoms with E-state index in [0.29, 0.717) is 6.61 Å². The van der Waals surface area contributed by atoms with Crippen molar-refractivity contribution in [3.8, 4) is 0 Å². The van der Waals surface area contributed by atoms with Crippen LogP contribution >= 0.6 is 0 Å². The standard InChI is InChI=1S/C16H20N2O2/c1-3-20-16(19)18-8-6-12-13-10-11(2)4-5-14(13)17-15(12)7-9-18/h4-5,10,17H,3,6-9H2,1-2H3. The van der Waals surface area contributed by atoms with Crippen molar-refractivity contribution in [2.45, 2.75) is 26.7 Å². The van der Waals surface area contributed by atoms with Crippen molar-refractivity contribution in [2.24, 2.45) is 0 Å². The van der Waals surface area contributed by atoms with E-state index in [-0.39, 0.29) is 6.09 Å². The van der Waals surface area contributed by atoms with Crippen LogP contribution in [0.15, 0.2) is 18.2 Å². The van der Waals surface area contributed by atoms with Gasteiger partial charge in [-0.05, 0) is 38.0 Å². The Morgan fingerprint density at radius 2 is 2.15 bits per heavy atom. The molecule has 1 aromatic heterocycles. The van der Waals surface area contributed by atoms with Crippen LogP contribution < -0.4 is 0 Å². The molecule has 0 atom stereocenters. The summed E-state index contributed by atoms with van der Waals surface area (Å²) in [6.45, 7) is 5.84. The fourth-order valence-electron chi connectivity index (χ4n) is 2.92. The number of ether oxygens (including phenoxy) is 1. The van der Waals surface area contributed by atoms with Crippen molar-refractivity contribution >= 4 is 17.0 Å². The van der Waals surface area contributed by atoms with E-state index in [2.05, 4.69) is 30.1 Å². The lowest BCUT2D eigenvalue weighted by Gasteiger charge is -2.19. The molecule has 1 aliphatic rings. The minimum Gasteiger partial charge on any atom is -0.450 e. The van der Waals surface area contributed by atoms with Crippen LogP contribution in [0.4, 0.5) is 4.79 Å². The van der Waals surface area contributed by atoms with E-state index < -0.39 is 0 Å². The van der Waals surface area contributed by atoms with Gasteiger partial charge in [0.1, 0.15) is 0 Å². The summed E-state index contributed by atoms with van der Waals surface area (Å²) in [5, 5.41) is 1.30. The first kappa shape index (κ1) is 13.0. The van der Waals surface area contributed by atoms with Crippen LogP contribution in [0.3, 0.4) is 0 Å². The molecule has 2 aromatic rings. The number of aryl methyl sites for hydroxylation is 1. The molecule has 3 rings (SSSR count). The summed E-state index contributed by atoms with van der Waals surface area (Å²) in [6, 6.07) is 6.50. The van der Waals surface area contributed by atoms with E-state index >= 15 is 0 Å². The number of nitrogens with one attached hydrogen (secondary N) is 1. The monoisotopic (exact) mass is 272 g/mol. The lowest BCUT2D eigenvalue weighted by Crippen LogP contribution is -2.33. The van der Waals surface area contributed by atoms with E-state index in [0.717, 1.165) is 25.9 Å². The molecular formula is C16H20N2O2. The lowest BCUT2D eigenvalue weighted by atomic mass is 10.1. The van der Waals surface area contributed by atoms with E-state index in [1.807, 2.05) is 6.92 Å². The number of rotatable bonds is 1. The summed E-state index contributed by atoms with van der Waals surface area (Å²) in [6.07, 6.45) is 1.55. The zero-order chi connectivity index (χ0) is 14.1. The predicted molar refractivity (Wildman–Crippen MR) is 79.0 cm³/mol. The van der Waals surface area contributed by atoms with Crippen LogP contribution in [-0.2, 0) is 17.6 Å². The number of aromatic nitrogens is 1. The summed E-state index contributed by atoms with van der Waals surface area (Å²) in [4.78, 5) is 17.1. The Morgan fingerprint density at radius 3 is 2.95 bits per heavy atom. The van der Waals surface area contributed by atoms with Crippen molar-refractivity contribution in [1.82, 2.24) is 9.88 Å². The van der Waals surface area contributed by atoms with Crippen LogP contribution in [0.1, 0.15) is 23.7 Å². The van der Waals surface area contributed by atoms with Gasteiger partial charge in [-0.15, -0.1) is 0 Å². The second kappa shape index (κ2) is 5.19. The highest BCUT2D eigenvalue weighted by Crippen LogP contribution is 2.26. The third-order valence-electron chi connectivity index (χ3n) is 3.94. The molecule has 1 aromatic carbocycles. The summed E-state index contributed by atoms with van der Waals surface area (Å²) >= 11 is 0. The first-order valence-corrected chi connectivity index (χ1v) is 7.21. The van der Waals surface area contributed by atoms with Gasteiger partial charge >= 0.3 is 6.09 Å². The predicted octanol–water partition coefficient (Wildman–Crippen LogP) is 3.03. The highest BCUT2D eigenvalue weighted by molar-refractivity contribution is 5.85. The zero-order valence-electron chi connectivity index (χ0n) is 12.0. The van der Waals surface area contributed by atoms with E-state index in [9.17, 15) is 4.79 Å². The summed E-state index contributed by atoms with van der Waals surface area (Å²) in [5.74, 6) is 0. The Labute approximate surface area is 118 Å². The smallest absolute Gasteiger partial charge is 0.409 e. The van der Waals surface area contributed by atoms with Crippen LogP contribution in [0.5, 0.6) is 0 Å². The lowest BCUT2D eigenvalue weighted by molar-refractivity contribution is 0.109. The molecule has 0 spiro atoms. The summed E-state index contributed by atoms with van der Waals surface area (Å²) < 4.78 is 5.10. The SMILES string of the molecule is CCOC(=O)N1CCc2[nH]c3ccc(C)cc3c2CC1.